The molecule has 2 aromatic carbocycles. The molecule has 9 nitrogen and oxygen atoms in total. The van der Waals surface area contributed by atoms with E-state index in [1.54, 1.807) is 30.7 Å². The number of alkyl halides is 3. The summed E-state index contributed by atoms with van der Waals surface area (Å²) in [7, 11) is 3.96. The Morgan fingerprint density at radius 3 is 2.55 bits per heavy atom. The first-order valence-corrected chi connectivity index (χ1v) is 15.2. The highest BCUT2D eigenvalue weighted by Gasteiger charge is 2.34. The van der Waals surface area contributed by atoms with Crippen LogP contribution in [-0.4, -0.2) is 76.3 Å². The van der Waals surface area contributed by atoms with Crippen molar-refractivity contribution in [3.05, 3.63) is 70.1 Å². The standard InChI is InChI=1S/C28H31BrF3N9S/c1-39-10-12-41(13-11-39)17-19-5-4-18(14-20(19)28(30,31)32)15-35-27-36-16-21(29)26(38-27)37-23-7-6-22-24(34-9-8-33-22)25(23)40(2)42-3/h4-9,14,16H,10-13,15,17H2,1-3H3,(H2,35,36,37,38). The molecule has 1 aliphatic rings. The third kappa shape index (κ3) is 7.05. The quantitative estimate of drug-likeness (QED) is 0.208. The molecule has 14 heteroatoms. The second-order valence-electron chi connectivity index (χ2n) is 10.0. The minimum absolute atomic E-state index is 0.130. The Balaban J connectivity index is 1.34. The molecule has 0 atom stereocenters. The Bertz CT molecular complexity index is 1550. The van der Waals surface area contributed by atoms with Crippen molar-refractivity contribution in [2.75, 3.05) is 61.5 Å². The Kier molecular flexibility index (Phi) is 9.35. The average molecular weight is 663 g/mol. The molecular formula is C28H31BrF3N9S. The number of piperazine rings is 1. The zero-order chi connectivity index (χ0) is 29.9. The third-order valence-corrected chi connectivity index (χ3v) is 8.43. The van der Waals surface area contributed by atoms with E-state index in [1.807, 2.05) is 36.8 Å². The lowest BCUT2D eigenvalue weighted by molar-refractivity contribution is -0.138. The molecule has 0 bridgehead atoms. The Labute approximate surface area is 255 Å². The lowest BCUT2D eigenvalue weighted by Gasteiger charge is -2.33. The molecule has 5 rings (SSSR count). The summed E-state index contributed by atoms with van der Waals surface area (Å²) in [4.78, 5) is 22.1. The zero-order valence-electron chi connectivity index (χ0n) is 23.4. The number of hydrogen-bond donors (Lipinski definition) is 2. The minimum Gasteiger partial charge on any atom is -0.350 e. The number of nitrogens with zero attached hydrogens (tertiary/aromatic N) is 7. The molecule has 1 saturated heterocycles. The van der Waals surface area contributed by atoms with Crippen LogP contribution in [0.5, 0.6) is 0 Å². The second kappa shape index (κ2) is 13.0. The van der Waals surface area contributed by atoms with E-state index in [4.69, 9.17) is 0 Å². The van der Waals surface area contributed by atoms with Crippen molar-refractivity contribution in [3.8, 4) is 0 Å². The van der Waals surface area contributed by atoms with E-state index in [-0.39, 0.29) is 24.6 Å². The van der Waals surface area contributed by atoms with Crippen molar-refractivity contribution >= 4 is 62.1 Å². The fourth-order valence-electron chi connectivity index (χ4n) is 4.76. The van der Waals surface area contributed by atoms with E-state index in [9.17, 15) is 13.2 Å². The van der Waals surface area contributed by atoms with Gasteiger partial charge in [-0.25, -0.2) is 4.98 Å². The van der Waals surface area contributed by atoms with Gasteiger partial charge in [0.1, 0.15) is 11.3 Å². The molecule has 0 aliphatic carbocycles. The molecule has 2 N–H and O–H groups in total. The van der Waals surface area contributed by atoms with E-state index in [0.717, 1.165) is 48.6 Å². The highest BCUT2D eigenvalue weighted by atomic mass is 79.9. The van der Waals surface area contributed by atoms with Crippen LogP contribution in [0.4, 0.5) is 36.3 Å². The molecule has 0 amide bonds. The van der Waals surface area contributed by atoms with Gasteiger partial charge in [-0.05, 0) is 52.3 Å². The van der Waals surface area contributed by atoms with Crippen molar-refractivity contribution in [2.45, 2.75) is 19.3 Å². The van der Waals surface area contributed by atoms with Gasteiger partial charge in [0.15, 0.2) is 0 Å². The number of fused-ring (bicyclic) bond motifs is 1. The predicted octanol–water partition coefficient (Wildman–Crippen LogP) is 6.02. The van der Waals surface area contributed by atoms with E-state index < -0.39 is 11.7 Å². The third-order valence-electron chi connectivity index (χ3n) is 7.12. The highest BCUT2D eigenvalue weighted by molar-refractivity contribution is 9.10. The van der Waals surface area contributed by atoms with Crippen molar-refractivity contribution in [2.24, 2.45) is 0 Å². The predicted molar refractivity (Wildman–Crippen MR) is 166 cm³/mol. The van der Waals surface area contributed by atoms with Gasteiger partial charge in [0.05, 0.1) is 26.9 Å². The summed E-state index contributed by atoms with van der Waals surface area (Å²) in [5, 5.41) is 6.42. The Morgan fingerprint density at radius 2 is 1.81 bits per heavy atom. The number of benzene rings is 2. The number of aromatic nitrogens is 4. The fraction of sp³-hybridized carbons (Fsp3) is 0.357. The topological polar surface area (TPSA) is 85.3 Å². The number of hydrogen-bond acceptors (Lipinski definition) is 10. The lowest BCUT2D eigenvalue weighted by atomic mass is 10.0. The Hall–Kier alpha value is -3.20. The molecular weight excluding hydrogens is 631 g/mol. The van der Waals surface area contributed by atoms with Crippen LogP contribution in [0.1, 0.15) is 16.7 Å². The van der Waals surface area contributed by atoms with Crippen LogP contribution in [0.15, 0.2) is 53.4 Å². The van der Waals surface area contributed by atoms with Crippen LogP contribution in [0.2, 0.25) is 0 Å². The molecule has 222 valence electrons. The Morgan fingerprint density at radius 1 is 1.05 bits per heavy atom. The molecule has 42 heavy (non-hydrogen) atoms. The molecule has 0 saturated carbocycles. The summed E-state index contributed by atoms with van der Waals surface area (Å²) in [6.07, 6.45) is 2.40. The first kappa shape index (κ1) is 30.3. The average Bonchev–Trinajstić information content (AvgIpc) is 2.98. The summed E-state index contributed by atoms with van der Waals surface area (Å²) in [5.74, 6) is 0.765. The molecule has 0 radical (unpaired) electrons. The molecule has 0 spiro atoms. The van der Waals surface area contributed by atoms with Gasteiger partial charge in [-0.1, -0.05) is 24.1 Å². The van der Waals surface area contributed by atoms with Gasteiger partial charge in [-0.3, -0.25) is 14.9 Å². The molecule has 0 unspecified atom stereocenters. The molecule has 1 aliphatic heterocycles. The molecule has 2 aromatic heterocycles. The minimum atomic E-state index is -4.45. The largest absolute Gasteiger partial charge is 0.416 e. The van der Waals surface area contributed by atoms with Gasteiger partial charge in [0.25, 0.3) is 0 Å². The maximum absolute atomic E-state index is 14.0. The second-order valence-corrected chi connectivity index (χ2v) is 11.8. The van der Waals surface area contributed by atoms with Crippen LogP contribution in [0.3, 0.4) is 0 Å². The van der Waals surface area contributed by atoms with Gasteiger partial charge in [0, 0.05) is 71.2 Å². The van der Waals surface area contributed by atoms with Gasteiger partial charge >= 0.3 is 6.18 Å². The summed E-state index contributed by atoms with van der Waals surface area (Å²) < 4.78 is 44.7. The monoisotopic (exact) mass is 661 g/mol. The first-order valence-electron chi connectivity index (χ1n) is 13.3. The van der Waals surface area contributed by atoms with Crippen molar-refractivity contribution < 1.29 is 13.2 Å². The van der Waals surface area contributed by atoms with Crippen LogP contribution in [0, 0.1) is 0 Å². The highest BCUT2D eigenvalue weighted by Crippen LogP contribution is 2.37. The van der Waals surface area contributed by atoms with Crippen molar-refractivity contribution in [3.63, 3.8) is 0 Å². The van der Waals surface area contributed by atoms with Gasteiger partial charge in [-0.2, -0.15) is 18.2 Å². The molecule has 4 aromatic rings. The van der Waals surface area contributed by atoms with E-state index in [1.165, 1.54) is 18.0 Å². The lowest BCUT2D eigenvalue weighted by Crippen LogP contribution is -2.44. The van der Waals surface area contributed by atoms with Crippen LogP contribution in [-0.2, 0) is 19.3 Å². The normalized spacial score (nSPS) is 14.7. The number of nitrogens with one attached hydrogen (secondary N) is 2. The molecule has 3 heterocycles. The molecule has 1 fully saturated rings. The summed E-state index contributed by atoms with van der Waals surface area (Å²) >= 11 is 5.03. The maximum atomic E-state index is 14.0. The van der Waals surface area contributed by atoms with Crippen LogP contribution in [0.25, 0.3) is 11.0 Å². The van der Waals surface area contributed by atoms with Crippen molar-refractivity contribution in [1.29, 1.82) is 0 Å². The maximum Gasteiger partial charge on any atom is 0.416 e. The first-order chi connectivity index (χ1) is 20.1. The summed E-state index contributed by atoms with van der Waals surface area (Å²) in [5.41, 5.74) is 3.26. The number of likely N-dealkylation sites (N-methyl/N-ethyl adjacent to an activating group) is 1. The van der Waals surface area contributed by atoms with Crippen molar-refractivity contribution in [1.82, 2.24) is 29.7 Å². The van der Waals surface area contributed by atoms with E-state index in [2.05, 4.69) is 56.3 Å². The summed E-state index contributed by atoms with van der Waals surface area (Å²) in [6.45, 7) is 3.59. The van der Waals surface area contributed by atoms with E-state index >= 15 is 0 Å². The summed E-state index contributed by atoms with van der Waals surface area (Å²) in [6, 6.07) is 8.31. The van der Waals surface area contributed by atoms with E-state index in [0.29, 0.717) is 15.9 Å². The SMILES string of the molecule is CSN(C)c1c(Nc2nc(NCc3ccc(CN4CCN(C)CC4)c(C(F)(F)F)c3)ncc2Br)ccc2nccnc12. The van der Waals surface area contributed by atoms with Gasteiger partial charge in [0.2, 0.25) is 5.95 Å². The smallest absolute Gasteiger partial charge is 0.350 e. The fourth-order valence-corrected chi connectivity index (χ4v) is 5.42. The van der Waals surface area contributed by atoms with Gasteiger partial charge < -0.3 is 19.8 Å². The number of rotatable bonds is 9. The zero-order valence-corrected chi connectivity index (χ0v) is 25.8. The van der Waals surface area contributed by atoms with Crippen LogP contribution < -0.4 is 14.9 Å². The van der Waals surface area contributed by atoms with Crippen LogP contribution >= 0.6 is 27.9 Å². The number of anilines is 4. The number of halogens is 4. The van der Waals surface area contributed by atoms with Gasteiger partial charge in [-0.15, -0.1) is 0 Å².